The standard InChI is InChI=1S/C11H20N2/c1-4-10(13-12)9-7-5-6-8-11(9,2)3/h1,9-10,13H,5-8,12H2,2-3H3. The molecule has 1 fully saturated rings. The highest BCUT2D eigenvalue weighted by atomic mass is 15.2. The first-order chi connectivity index (χ1) is 6.11. The normalized spacial score (nSPS) is 29.2. The van der Waals surface area contributed by atoms with Gasteiger partial charge in [0.25, 0.3) is 0 Å². The summed E-state index contributed by atoms with van der Waals surface area (Å²) < 4.78 is 0. The molecule has 0 aliphatic heterocycles. The summed E-state index contributed by atoms with van der Waals surface area (Å²) in [5.41, 5.74) is 3.08. The number of rotatable bonds is 2. The van der Waals surface area contributed by atoms with Crippen LogP contribution in [0.3, 0.4) is 0 Å². The van der Waals surface area contributed by atoms with Crippen LogP contribution >= 0.6 is 0 Å². The van der Waals surface area contributed by atoms with E-state index in [2.05, 4.69) is 25.2 Å². The van der Waals surface area contributed by atoms with E-state index in [1.54, 1.807) is 0 Å². The predicted molar refractivity (Wildman–Crippen MR) is 55.7 cm³/mol. The fourth-order valence-corrected chi connectivity index (χ4v) is 2.42. The van der Waals surface area contributed by atoms with Gasteiger partial charge in [-0.2, -0.15) is 0 Å². The molecule has 0 saturated heterocycles. The van der Waals surface area contributed by atoms with Crippen molar-refractivity contribution in [2.24, 2.45) is 17.2 Å². The topological polar surface area (TPSA) is 38.0 Å². The van der Waals surface area contributed by atoms with E-state index in [-0.39, 0.29) is 6.04 Å². The number of hydrogen-bond acceptors (Lipinski definition) is 2. The van der Waals surface area contributed by atoms with E-state index >= 15 is 0 Å². The molecule has 0 aromatic rings. The van der Waals surface area contributed by atoms with Gasteiger partial charge < -0.3 is 0 Å². The van der Waals surface area contributed by atoms with E-state index in [1.807, 2.05) is 0 Å². The average Bonchev–Trinajstić information content (AvgIpc) is 2.09. The Balaban J connectivity index is 2.70. The molecular formula is C11H20N2. The molecule has 3 N–H and O–H groups in total. The van der Waals surface area contributed by atoms with Crippen LogP contribution in [0, 0.1) is 23.7 Å². The molecule has 1 aliphatic carbocycles. The summed E-state index contributed by atoms with van der Waals surface area (Å²) in [6.07, 6.45) is 10.5. The molecule has 2 nitrogen and oxygen atoms in total. The van der Waals surface area contributed by atoms with Gasteiger partial charge in [0.05, 0.1) is 6.04 Å². The minimum absolute atomic E-state index is 0.0373. The summed E-state index contributed by atoms with van der Waals surface area (Å²) in [6, 6.07) is 0.0373. The van der Waals surface area contributed by atoms with Gasteiger partial charge >= 0.3 is 0 Å². The van der Waals surface area contributed by atoms with Crippen LogP contribution in [0.2, 0.25) is 0 Å². The van der Waals surface area contributed by atoms with Crippen molar-refractivity contribution in [2.45, 2.75) is 45.6 Å². The Kier molecular flexibility index (Phi) is 3.35. The Morgan fingerprint density at radius 2 is 2.23 bits per heavy atom. The van der Waals surface area contributed by atoms with Gasteiger partial charge in [-0.25, -0.2) is 5.43 Å². The maximum absolute atomic E-state index is 5.44. The van der Waals surface area contributed by atoms with Crippen LogP contribution in [0.25, 0.3) is 0 Å². The fraction of sp³-hybridized carbons (Fsp3) is 0.818. The first kappa shape index (κ1) is 10.6. The lowest BCUT2D eigenvalue weighted by atomic mass is 9.66. The highest BCUT2D eigenvalue weighted by Gasteiger charge is 2.36. The van der Waals surface area contributed by atoms with Gasteiger partial charge in [0.15, 0.2) is 0 Å². The largest absolute Gasteiger partial charge is 0.270 e. The van der Waals surface area contributed by atoms with Crippen LogP contribution in [0.5, 0.6) is 0 Å². The van der Waals surface area contributed by atoms with Crippen molar-refractivity contribution in [2.75, 3.05) is 0 Å². The van der Waals surface area contributed by atoms with Crippen molar-refractivity contribution < 1.29 is 0 Å². The third-order valence-corrected chi connectivity index (χ3v) is 3.35. The Bertz CT molecular complexity index is 203. The van der Waals surface area contributed by atoms with Gasteiger partial charge in [-0.1, -0.05) is 32.6 Å². The van der Waals surface area contributed by atoms with Gasteiger partial charge in [-0.3, -0.25) is 5.84 Å². The minimum atomic E-state index is 0.0373. The van der Waals surface area contributed by atoms with E-state index in [1.165, 1.54) is 25.7 Å². The zero-order valence-electron chi connectivity index (χ0n) is 8.64. The summed E-state index contributed by atoms with van der Waals surface area (Å²) in [5, 5.41) is 0. The van der Waals surface area contributed by atoms with Crippen LogP contribution in [0.4, 0.5) is 0 Å². The molecule has 0 spiro atoms. The zero-order chi connectivity index (χ0) is 9.90. The smallest absolute Gasteiger partial charge is 0.0848 e. The second kappa shape index (κ2) is 4.13. The van der Waals surface area contributed by atoms with Gasteiger partial charge in [0.2, 0.25) is 0 Å². The van der Waals surface area contributed by atoms with Crippen molar-refractivity contribution in [3.05, 3.63) is 0 Å². The molecule has 1 rings (SSSR count). The number of nitrogens with two attached hydrogens (primary N) is 1. The van der Waals surface area contributed by atoms with Crippen LogP contribution in [0.15, 0.2) is 0 Å². The highest BCUT2D eigenvalue weighted by molar-refractivity contribution is 5.05. The number of hydrogen-bond donors (Lipinski definition) is 2. The Hall–Kier alpha value is -0.520. The average molecular weight is 180 g/mol. The SMILES string of the molecule is C#CC(NN)C1CCCCC1(C)C. The second-order valence-electron chi connectivity index (χ2n) is 4.65. The molecule has 0 heterocycles. The molecule has 2 unspecified atom stereocenters. The van der Waals surface area contributed by atoms with Crippen molar-refractivity contribution in [1.29, 1.82) is 0 Å². The van der Waals surface area contributed by atoms with Gasteiger partial charge in [0.1, 0.15) is 0 Å². The number of terminal acetylenes is 1. The quantitative estimate of drug-likeness (QED) is 0.385. The molecule has 74 valence electrons. The van der Waals surface area contributed by atoms with Crippen molar-refractivity contribution in [1.82, 2.24) is 5.43 Å². The summed E-state index contributed by atoms with van der Waals surface area (Å²) in [4.78, 5) is 0. The highest BCUT2D eigenvalue weighted by Crippen LogP contribution is 2.41. The van der Waals surface area contributed by atoms with E-state index in [0.717, 1.165) is 0 Å². The van der Waals surface area contributed by atoms with E-state index in [4.69, 9.17) is 12.3 Å². The summed E-state index contributed by atoms with van der Waals surface area (Å²) in [7, 11) is 0. The molecule has 0 amide bonds. The van der Waals surface area contributed by atoms with E-state index < -0.39 is 0 Å². The van der Waals surface area contributed by atoms with Crippen molar-refractivity contribution >= 4 is 0 Å². The van der Waals surface area contributed by atoms with Crippen LogP contribution in [-0.2, 0) is 0 Å². The van der Waals surface area contributed by atoms with E-state index in [9.17, 15) is 0 Å². The third-order valence-electron chi connectivity index (χ3n) is 3.35. The van der Waals surface area contributed by atoms with Gasteiger partial charge in [-0.15, -0.1) is 6.42 Å². The molecule has 0 aromatic heterocycles. The lowest BCUT2D eigenvalue weighted by Gasteiger charge is -2.41. The van der Waals surface area contributed by atoms with Crippen molar-refractivity contribution in [3.8, 4) is 12.3 Å². The van der Waals surface area contributed by atoms with E-state index in [0.29, 0.717) is 11.3 Å². The lowest BCUT2D eigenvalue weighted by molar-refractivity contribution is 0.117. The first-order valence-corrected chi connectivity index (χ1v) is 5.04. The maximum atomic E-state index is 5.44. The number of hydrazine groups is 1. The first-order valence-electron chi connectivity index (χ1n) is 5.04. The van der Waals surface area contributed by atoms with Gasteiger partial charge in [-0.05, 0) is 24.2 Å². The Morgan fingerprint density at radius 3 is 2.69 bits per heavy atom. The molecule has 0 aromatic carbocycles. The Morgan fingerprint density at radius 1 is 1.54 bits per heavy atom. The summed E-state index contributed by atoms with van der Waals surface area (Å²) >= 11 is 0. The summed E-state index contributed by atoms with van der Waals surface area (Å²) in [5.74, 6) is 8.71. The molecule has 1 aliphatic rings. The van der Waals surface area contributed by atoms with Gasteiger partial charge in [0, 0.05) is 0 Å². The zero-order valence-corrected chi connectivity index (χ0v) is 8.64. The molecule has 0 radical (unpaired) electrons. The molecule has 13 heavy (non-hydrogen) atoms. The fourth-order valence-electron chi connectivity index (χ4n) is 2.42. The summed E-state index contributed by atoms with van der Waals surface area (Å²) in [6.45, 7) is 4.58. The molecule has 1 saturated carbocycles. The minimum Gasteiger partial charge on any atom is -0.270 e. The van der Waals surface area contributed by atoms with Crippen LogP contribution < -0.4 is 11.3 Å². The van der Waals surface area contributed by atoms with Crippen molar-refractivity contribution in [3.63, 3.8) is 0 Å². The third kappa shape index (κ3) is 2.24. The molecular weight excluding hydrogens is 160 g/mol. The van der Waals surface area contributed by atoms with Crippen LogP contribution in [-0.4, -0.2) is 6.04 Å². The second-order valence-corrected chi connectivity index (χ2v) is 4.65. The lowest BCUT2D eigenvalue weighted by Crippen LogP contribution is -2.46. The monoisotopic (exact) mass is 180 g/mol. The van der Waals surface area contributed by atoms with Crippen LogP contribution in [0.1, 0.15) is 39.5 Å². The molecule has 2 atom stereocenters. The molecule has 2 heteroatoms. The maximum Gasteiger partial charge on any atom is 0.0848 e. The number of nitrogens with one attached hydrogen (secondary N) is 1. The Labute approximate surface area is 81.2 Å². The predicted octanol–water partition coefficient (Wildman–Crippen LogP) is 1.67. The molecule has 0 bridgehead atoms.